The van der Waals surface area contributed by atoms with Crippen LogP contribution in [0, 0.1) is 6.92 Å². The van der Waals surface area contributed by atoms with Crippen LogP contribution >= 0.6 is 0 Å². The van der Waals surface area contributed by atoms with Gasteiger partial charge in [0.05, 0.1) is 11.3 Å². The van der Waals surface area contributed by atoms with Gasteiger partial charge in [-0.05, 0) is 30.2 Å². The molecule has 1 aliphatic rings. The molecule has 0 aromatic heterocycles. The number of nitrogens with one attached hydrogen (secondary N) is 2. The molecule has 0 bridgehead atoms. The van der Waals surface area contributed by atoms with Crippen molar-refractivity contribution in [2.75, 3.05) is 5.43 Å². The molecule has 0 atom stereocenters. The van der Waals surface area contributed by atoms with E-state index in [9.17, 15) is 13.2 Å². The van der Waals surface area contributed by atoms with Crippen LogP contribution in [-0.4, -0.2) is 0 Å². The number of hydrazine groups is 1. The summed E-state index contributed by atoms with van der Waals surface area (Å²) >= 11 is 0. The highest BCUT2D eigenvalue weighted by Gasteiger charge is 2.34. The van der Waals surface area contributed by atoms with Crippen LogP contribution in [0.15, 0.2) is 12.1 Å². The lowest BCUT2D eigenvalue weighted by Crippen LogP contribution is -2.11. The summed E-state index contributed by atoms with van der Waals surface area (Å²) in [6.07, 6.45) is -4.26. The smallest absolute Gasteiger partial charge is 0.321 e. The molecule has 0 unspecified atom stereocenters. The zero-order valence-electron chi connectivity index (χ0n) is 7.50. The first-order valence-corrected chi connectivity index (χ1v) is 4.18. The Morgan fingerprint density at radius 1 is 1.29 bits per heavy atom. The third kappa shape index (κ3) is 1.33. The van der Waals surface area contributed by atoms with Crippen molar-refractivity contribution in [3.63, 3.8) is 0 Å². The van der Waals surface area contributed by atoms with Crippen molar-refractivity contribution in [1.29, 1.82) is 0 Å². The van der Waals surface area contributed by atoms with Crippen molar-refractivity contribution in [3.8, 4) is 0 Å². The molecule has 0 saturated carbocycles. The van der Waals surface area contributed by atoms with Crippen molar-refractivity contribution < 1.29 is 13.2 Å². The molecule has 76 valence electrons. The normalized spacial score (nSPS) is 15.1. The second-order valence-electron chi connectivity index (χ2n) is 3.24. The molecule has 1 heterocycles. The van der Waals surface area contributed by atoms with Crippen LogP contribution in [-0.2, 0) is 12.7 Å². The van der Waals surface area contributed by atoms with E-state index in [2.05, 4.69) is 10.9 Å². The number of rotatable bonds is 0. The van der Waals surface area contributed by atoms with E-state index in [-0.39, 0.29) is 0 Å². The monoisotopic (exact) mass is 202 g/mol. The SMILES string of the molecule is Cc1c(C(F)(F)F)ccc2c1CNN2. The van der Waals surface area contributed by atoms with Crippen LogP contribution in [0.1, 0.15) is 16.7 Å². The number of fused-ring (bicyclic) bond motifs is 1. The number of hydrogen-bond acceptors (Lipinski definition) is 2. The zero-order valence-corrected chi connectivity index (χ0v) is 7.50. The van der Waals surface area contributed by atoms with E-state index in [1.807, 2.05) is 0 Å². The average molecular weight is 202 g/mol. The van der Waals surface area contributed by atoms with E-state index in [0.717, 1.165) is 11.8 Å². The van der Waals surface area contributed by atoms with Crippen LogP contribution in [0.25, 0.3) is 0 Å². The Bertz CT molecular complexity index is 371. The van der Waals surface area contributed by atoms with E-state index in [0.29, 0.717) is 17.7 Å². The largest absolute Gasteiger partial charge is 0.416 e. The van der Waals surface area contributed by atoms with Gasteiger partial charge < -0.3 is 5.43 Å². The number of halogens is 3. The van der Waals surface area contributed by atoms with Gasteiger partial charge in [0.2, 0.25) is 0 Å². The Morgan fingerprint density at radius 3 is 2.64 bits per heavy atom. The molecule has 1 aromatic carbocycles. The Morgan fingerprint density at radius 2 is 2.00 bits per heavy atom. The van der Waals surface area contributed by atoms with Gasteiger partial charge in [0, 0.05) is 6.54 Å². The summed E-state index contributed by atoms with van der Waals surface area (Å²) in [5, 5.41) is 0. The lowest BCUT2D eigenvalue weighted by molar-refractivity contribution is -0.138. The van der Waals surface area contributed by atoms with E-state index in [4.69, 9.17) is 0 Å². The highest BCUT2D eigenvalue weighted by Crippen LogP contribution is 2.36. The van der Waals surface area contributed by atoms with E-state index in [1.54, 1.807) is 0 Å². The van der Waals surface area contributed by atoms with Gasteiger partial charge in [-0.15, -0.1) is 0 Å². The molecule has 0 radical (unpaired) electrons. The minimum atomic E-state index is -4.26. The van der Waals surface area contributed by atoms with Crippen LogP contribution in [0.3, 0.4) is 0 Å². The standard InChI is InChI=1S/C9H9F3N2/c1-5-6-4-13-14-8(6)3-2-7(5)9(10,11)12/h2-3,13-14H,4H2,1H3. The Kier molecular flexibility index (Phi) is 1.92. The van der Waals surface area contributed by atoms with E-state index >= 15 is 0 Å². The van der Waals surface area contributed by atoms with Crippen LogP contribution in [0.5, 0.6) is 0 Å². The summed E-state index contributed by atoms with van der Waals surface area (Å²) in [4.78, 5) is 0. The molecule has 1 aliphatic heterocycles. The third-order valence-corrected chi connectivity index (χ3v) is 2.39. The summed E-state index contributed by atoms with van der Waals surface area (Å²) in [5.74, 6) is 0. The molecule has 0 fully saturated rings. The fourth-order valence-corrected chi connectivity index (χ4v) is 1.64. The molecular weight excluding hydrogens is 193 g/mol. The van der Waals surface area contributed by atoms with Crippen molar-refractivity contribution in [1.82, 2.24) is 5.43 Å². The van der Waals surface area contributed by atoms with Gasteiger partial charge in [0.15, 0.2) is 0 Å². The molecule has 2 nitrogen and oxygen atoms in total. The van der Waals surface area contributed by atoms with Crippen LogP contribution < -0.4 is 10.9 Å². The fourth-order valence-electron chi connectivity index (χ4n) is 1.64. The maximum Gasteiger partial charge on any atom is 0.416 e. The summed E-state index contributed by atoms with van der Waals surface area (Å²) in [5.41, 5.74) is 6.76. The zero-order chi connectivity index (χ0) is 10.3. The molecule has 1 aromatic rings. The minimum Gasteiger partial charge on any atom is -0.321 e. The predicted molar refractivity (Wildman–Crippen MR) is 46.6 cm³/mol. The lowest BCUT2D eigenvalue weighted by atomic mass is 10.0. The second kappa shape index (κ2) is 2.88. The average Bonchev–Trinajstić information content (AvgIpc) is 2.50. The Hall–Kier alpha value is -1.23. The fraction of sp³-hybridized carbons (Fsp3) is 0.333. The van der Waals surface area contributed by atoms with Gasteiger partial charge in [0.25, 0.3) is 0 Å². The van der Waals surface area contributed by atoms with Crippen molar-refractivity contribution in [2.24, 2.45) is 0 Å². The molecule has 0 spiro atoms. The van der Waals surface area contributed by atoms with Gasteiger partial charge in [0.1, 0.15) is 0 Å². The van der Waals surface area contributed by atoms with Crippen molar-refractivity contribution in [2.45, 2.75) is 19.6 Å². The van der Waals surface area contributed by atoms with Crippen molar-refractivity contribution in [3.05, 3.63) is 28.8 Å². The molecule has 0 amide bonds. The second-order valence-corrected chi connectivity index (χ2v) is 3.24. The quantitative estimate of drug-likeness (QED) is 0.675. The highest BCUT2D eigenvalue weighted by atomic mass is 19.4. The van der Waals surface area contributed by atoms with Gasteiger partial charge >= 0.3 is 6.18 Å². The van der Waals surface area contributed by atoms with Crippen LogP contribution in [0.2, 0.25) is 0 Å². The maximum absolute atomic E-state index is 12.5. The summed E-state index contributed by atoms with van der Waals surface area (Å²) in [6.45, 7) is 1.93. The molecule has 14 heavy (non-hydrogen) atoms. The van der Waals surface area contributed by atoms with Gasteiger partial charge in [-0.3, -0.25) is 0 Å². The first kappa shape index (κ1) is 9.33. The predicted octanol–water partition coefficient (Wildman–Crippen LogP) is 2.44. The number of benzene rings is 1. The Balaban J connectivity index is 2.56. The third-order valence-electron chi connectivity index (χ3n) is 2.39. The van der Waals surface area contributed by atoms with Crippen LogP contribution in [0.4, 0.5) is 18.9 Å². The first-order valence-electron chi connectivity index (χ1n) is 4.18. The van der Waals surface area contributed by atoms with Gasteiger partial charge in [-0.25, -0.2) is 5.43 Å². The first-order chi connectivity index (χ1) is 6.50. The number of hydrogen-bond donors (Lipinski definition) is 2. The summed E-state index contributed by atoms with van der Waals surface area (Å²) in [6, 6.07) is 2.55. The highest BCUT2D eigenvalue weighted by molar-refractivity contribution is 5.59. The lowest BCUT2D eigenvalue weighted by Gasteiger charge is -2.12. The summed E-state index contributed by atoms with van der Waals surface area (Å²) in [7, 11) is 0. The minimum absolute atomic E-state index is 0.299. The molecule has 2 N–H and O–H groups in total. The van der Waals surface area contributed by atoms with Gasteiger partial charge in [-0.2, -0.15) is 13.2 Å². The Labute approximate surface area is 79.1 Å². The number of alkyl halides is 3. The van der Waals surface area contributed by atoms with E-state index in [1.165, 1.54) is 13.0 Å². The molecule has 5 heteroatoms. The maximum atomic E-state index is 12.5. The number of anilines is 1. The summed E-state index contributed by atoms with van der Waals surface area (Å²) < 4.78 is 37.4. The van der Waals surface area contributed by atoms with E-state index < -0.39 is 11.7 Å². The van der Waals surface area contributed by atoms with Gasteiger partial charge in [-0.1, -0.05) is 0 Å². The molecule has 0 saturated heterocycles. The molecular formula is C9H9F3N2. The topological polar surface area (TPSA) is 24.1 Å². The molecule has 2 rings (SSSR count). The molecule has 0 aliphatic carbocycles. The van der Waals surface area contributed by atoms with Crippen molar-refractivity contribution >= 4 is 5.69 Å².